The molecule has 1 aromatic carbocycles. The number of thiophene rings is 1. The predicted molar refractivity (Wildman–Crippen MR) is 106 cm³/mol. The van der Waals surface area contributed by atoms with Crippen LogP contribution in [0, 0.1) is 0 Å². The van der Waals surface area contributed by atoms with Crippen LogP contribution in [0.15, 0.2) is 52.1 Å². The summed E-state index contributed by atoms with van der Waals surface area (Å²) in [5, 5.41) is 13.1. The number of rotatable bonds is 5. The molecule has 6 heteroatoms. The number of aliphatic imine (C=N–C) groups is 1. The average molecular weight is 380 g/mol. The van der Waals surface area contributed by atoms with E-state index in [0.717, 1.165) is 47.6 Å². The lowest BCUT2D eigenvalue weighted by Gasteiger charge is -2.12. The fourth-order valence-electron chi connectivity index (χ4n) is 3.24. The molecule has 0 saturated heterocycles. The molecule has 4 rings (SSSR count). The van der Waals surface area contributed by atoms with Crippen molar-refractivity contribution in [2.75, 3.05) is 0 Å². The Labute approximate surface area is 161 Å². The molecule has 0 bridgehead atoms. The quantitative estimate of drug-likeness (QED) is 0.635. The van der Waals surface area contributed by atoms with Crippen LogP contribution in [0.2, 0.25) is 0 Å². The Bertz CT molecular complexity index is 956. The first-order valence-corrected chi connectivity index (χ1v) is 9.80. The van der Waals surface area contributed by atoms with E-state index in [9.17, 15) is 9.90 Å². The van der Waals surface area contributed by atoms with Crippen molar-refractivity contribution in [3.05, 3.63) is 70.0 Å². The molecular weight excluding hydrogens is 360 g/mol. The standard InChI is InChI=1S/C21H20N2O3S/c24-15-9-7-14(8-10-15)12-23-21-19(17-5-1-2-6-18(17)27-21)20(25)22-13-16-4-3-11-26-16/h3-4,7-12,24H,1-2,5-6,13H2,(H,22,25). The van der Waals surface area contributed by atoms with Crippen molar-refractivity contribution >= 4 is 28.5 Å². The lowest BCUT2D eigenvalue weighted by atomic mass is 9.95. The molecule has 0 unspecified atom stereocenters. The van der Waals surface area contributed by atoms with Gasteiger partial charge in [0.2, 0.25) is 0 Å². The first-order valence-electron chi connectivity index (χ1n) is 8.99. The van der Waals surface area contributed by atoms with Gasteiger partial charge in [-0.1, -0.05) is 0 Å². The topological polar surface area (TPSA) is 74.8 Å². The minimum atomic E-state index is -0.108. The van der Waals surface area contributed by atoms with Gasteiger partial charge < -0.3 is 14.8 Å². The summed E-state index contributed by atoms with van der Waals surface area (Å²) in [4.78, 5) is 18.8. The van der Waals surface area contributed by atoms with Gasteiger partial charge in [-0.05, 0) is 73.2 Å². The Hall–Kier alpha value is -2.86. The molecule has 0 spiro atoms. The molecule has 0 fully saturated rings. The number of aryl methyl sites for hydroxylation is 1. The second-order valence-corrected chi connectivity index (χ2v) is 7.59. The van der Waals surface area contributed by atoms with Crippen LogP contribution in [-0.4, -0.2) is 17.2 Å². The molecule has 2 heterocycles. The number of carbonyl (C=O) groups excluding carboxylic acids is 1. The van der Waals surface area contributed by atoms with Gasteiger partial charge in [-0.15, -0.1) is 11.3 Å². The Kier molecular flexibility index (Phi) is 5.07. The molecule has 1 amide bonds. The second-order valence-electron chi connectivity index (χ2n) is 6.50. The predicted octanol–water partition coefficient (Wildman–Crippen LogP) is 4.61. The smallest absolute Gasteiger partial charge is 0.255 e. The van der Waals surface area contributed by atoms with Crippen molar-refractivity contribution in [1.82, 2.24) is 5.32 Å². The maximum Gasteiger partial charge on any atom is 0.255 e. The molecule has 27 heavy (non-hydrogen) atoms. The van der Waals surface area contributed by atoms with Gasteiger partial charge in [-0.3, -0.25) is 4.79 Å². The number of nitrogens with one attached hydrogen (secondary N) is 1. The third kappa shape index (κ3) is 3.95. The van der Waals surface area contributed by atoms with Gasteiger partial charge in [0.05, 0.1) is 18.4 Å². The van der Waals surface area contributed by atoms with E-state index in [1.54, 1.807) is 54.1 Å². The highest BCUT2D eigenvalue weighted by Crippen LogP contribution is 2.39. The van der Waals surface area contributed by atoms with E-state index in [1.165, 1.54) is 4.88 Å². The van der Waals surface area contributed by atoms with E-state index < -0.39 is 0 Å². The van der Waals surface area contributed by atoms with Gasteiger partial charge >= 0.3 is 0 Å². The number of fused-ring (bicyclic) bond motifs is 1. The zero-order valence-electron chi connectivity index (χ0n) is 14.8. The second kappa shape index (κ2) is 7.80. The number of aromatic hydroxyl groups is 1. The SMILES string of the molecule is O=C(NCc1ccco1)c1c(N=Cc2ccc(O)cc2)sc2c1CCCC2. The number of hydrogen-bond donors (Lipinski definition) is 2. The Morgan fingerprint density at radius 3 is 2.81 bits per heavy atom. The van der Waals surface area contributed by atoms with Crippen molar-refractivity contribution in [2.45, 2.75) is 32.2 Å². The number of amides is 1. The van der Waals surface area contributed by atoms with E-state index in [0.29, 0.717) is 12.1 Å². The van der Waals surface area contributed by atoms with Gasteiger partial charge in [0.25, 0.3) is 5.91 Å². The van der Waals surface area contributed by atoms with Crippen molar-refractivity contribution in [3.63, 3.8) is 0 Å². The molecule has 138 valence electrons. The minimum absolute atomic E-state index is 0.108. The minimum Gasteiger partial charge on any atom is -0.508 e. The molecule has 0 radical (unpaired) electrons. The van der Waals surface area contributed by atoms with Crippen LogP contribution < -0.4 is 5.32 Å². The third-order valence-corrected chi connectivity index (χ3v) is 5.81. The molecule has 0 aliphatic heterocycles. The summed E-state index contributed by atoms with van der Waals surface area (Å²) in [5.41, 5.74) is 2.71. The van der Waals surface area contributed by atoms with Crippen LogP contribution in [0.25, 0.3) is 0 Å². The van der Waals surface area contributed by atoms with E-state index in [2.05, 4.69) is 10.3 Å². The van der Waals surface area contributed by atoms with E-state index in [1.807, 2.05) is 6.07 Å². The average Bonchev–Trinajstić information content (AvgIpc) is 3.33. The van der Waals surface area contributed by atoms with Gasteiger partial charge in [0.15, 0.2) is 0 Å². The lowest BCUT2D eigenvalue weighted by molar-refractivity contribution is 0.0948. The third-order valence-electron chi connectivity index (χ3n) is 4.61. The van der Waals surface area contributed by atoms with Gasteiger partial charge in [-0.25, -0.2) is 4.99 Å². The van der Waals surface area contributed by atoms with Crippen LogP contribution in [-0.2, 0) is 19.4 Å². The Morgan fingerprint density at radius 1 is 1.22 bits per heavy atom. The largest absolute Gasteiger partial charge is 0.508 e. The fourth-order valence-corrected chi connectivity index (χ4v) is 4.47. The maximum atomic E-state index is 12.9. The summed E-state index contributed by atoms with van der Waals surface area (Å²) in [5.74, 6) is 0.835. The van der Waals surface area contributed by atoms with Gasteiger partial charge in [0, 0.05) is 11.1 Å². The monoisotopic (exact) mass is 380 g/mol. The zero-order valence-corrected chi connectivity index (χ0v) is 15.6. The van der Waals surface area contributed by atoms with Crippen LogP contribution >= 0.6 is 11.3 Å². The number of benzene rings is 1. The molecule has 5 nitrogen and oxygen atoms in total. The number of phenols is 1. The number of carbonyl (C=O) groups is 1. The highest BCUT2D eigenvalue weighted by molar-refractivity contribution is 7.16. The van der Waals surface area contributed by atoms with Crippen molar-refractivity contribution in [3.8, 4) is 5.75 Å². The molecule has 1 aliphatic carbocycles. The van der Waals surface area contributed by atoms with E-state index >= 15 is 0 Å². The normalized spacial score (nSPS) is 13.6. The zero-order chi connectivity index (χ0) is 18.6. The maximum absolute atomic E-state index is 12.9. The molecular formula is C21H20N2O3S. The molecule has 3 aromatic rings. The summed E-state index contributed by atoms with van der Waals surface area (Å²) in [7, 11) is 0. The highest BCUT2D eigenvalue weighted by Gasteiger charge is 2.25. The number of nitrogens with zero attached hydrogens (tertiary/aromatic N) is 1. The van der Waals surface area contributed by atoms with Gasteiger partial charge in [-0.2, -0.15) is 0 Å². The van der Waals surface area contributed by atoms with Crippen LogP contribution in [0.3, 0.4) is 0 Å². The molecule has 0 saturated carbocycles. The van der Waals surface area contributed by atoms with Crippen molar-refractivity contribution < 1.29 is 14.3 Å². The van der Waals surface area contributed by atoms with Crippen LogP contribution in [0.4, 0.5) is 5.00 Å². The van der Waals surface area contributed by atoms with Crippen molar-refractivity contribution in [1.29, 1.82) is 0 Å². The molecule has 1 aliphatic rings. The Morgan fingerprint density at radius 2 is 2.04 bits per heavy atom. The molecule has 2 N–H and O–H groups in total. The fraction of sp³-hybridized carbons (Fsp3) is 0.238. The van der Waals surface area contributed by atoms with E-state index in [-0.39, 0.29) is 11.7 Å². The molecule has 2 aromatic heterocycles. The summed E-state index contributed by atoms with van der Waals surface area (Å²) in [6.45, 7) is 0.359. The Balaban J connectivity index is 1.61. The van der Waals surface area contributed by atoms with E-state index in [4.69, 9.17) is 4.42 Å². The first-order chi connectivity index (χ1) is 13.2. The number of phenolic OH excluding ortho intramolecular Hbond substituents is 1. The number of hydrogen-bond acceptors (Lipinski definition) is 5. The summed E-state index contributed by atoms with van der Waals surface area (Å²) in [6, 6.07) is 10.5. The van der Waals surface area contributed by atoms with Crippen LogP contribution in [0.1, 0.15) is 45.0 Å². The summed E-state index contributed by atoms with van der Waals surface area (Å²) >= 11 is 1.60. The van der Waals surface area contributed by atoms with Crippen molar-refractivity contribution in [2.24, 2.45) is 4.99 Å². The molecule has 0 atom stereocenters. The highest BCUT2D eigenvalue weighted by atomic mass is 32.1. The summed E-state index contributed by atoms with van der Waals surface area (Å²) in [6.07, 6.45) is 7.52. The van der Waals surface area contributed by atoms with Gasteiger partial charge in [0.1, 0.15) is 16.5 Å². The van der Waals surface area contributed by atoms with Crippen LogP contribution in [0.5, 0.6) is 5.75 Å². The number of furan rings is 1. The lowest BCUT2D eigenvalue weighted by Crippen LogP contribution is -2.23. The summed E-state index contributed by atoms with van der Waals surface area (Å²) < 4.78 is 5.30. The first kappa shape index (κ1) is 17.5.